The number of phenols is 1. The number of rotatable bonds is 7. The summed E-state index contributed by atoms with van der Waals surface area (Å²) in [6.07, 6.45) is 0. The second kappa shape index (κ2) is 11.8. The van der Waals surface area contributed by atoms with Gasteiger partial charge in [-0.3, -0.25) is 4.79 Å². The summed E-state index contributed by atoms with van der Waals surface area (Å²) in [4.78, 5) is 15.4. The number of aliphatic hydroxyl groups is 1. The Morgan fingerprint density at radius 2 is 1.54 bits per heavy atom. The van der Waals surface area contributed by atoms with Crippen LogP contribution >= 0.6 is 0 Å². The van der Waals surface area contributed by atoms with Crippen LogP contribution in [0.4, 0.5) is 5.69 Å². The van der Waals surface area contributed by atoms with E-state index in [1.165, 1.54) is 14.2 Å². The second-order valence-electron chi connectivity index (χ2n) is 10.3. The molecule has 218 valence electrons. The zero-order valence-corrected chi connectivity index (χ0v) is 23.8. The number of aliphatic hydroxyl groups excluding tert-OH is 1. The highest BCUT2D eigenvalue weighted by Gasteiger charge is 2.52. The molecule has 1 saturated heterocycles. The molecule has 0 unspecified atom stereocenters. The number of esters is 1. The Balaban J connectivity index is 0.00000165. The molecule has 0 spiro atoms. The third kappa shape index (κ3) is 5.09. The van der Waals surface area contributed by atoms with Gasteiger partial charge >= 0.3 is 5.97 Å². The van der Waals surface area contributed by atoms with Crippen LogP contribution in [-0.2, 0) is 16.1 Å². The number of fused-ring (bicyclic) bond motifs is 3. The average Bonchev–Trinajstić information content (AvgIpc) is 3.62. The zero-order valence-electron chi connectivity index (χ0n) is 23.8. The van der Waals surface area contributed by atoms with Crippen LogP contribution in [0.1, 0.15) is 34.2 Å². The van der Waals surface area contributed by atoms with Gasteiger partial charge in [-0.2, -0.15) is 0 Å². The Morgan fingerprint density at radius 3 is 2.12 bits per heavy atom. The van der Waals surface area contributed by atoms with E-state index in [0.29, 0.717) is 24.7 Å². The largest absolute Gasteiger partial charge is 0.502 e. The van der Waals surface area contributed by atoms with Crippen LogP contribution in [-0.4, -0.2) is 65.0 Å². The average molecular weight is 565 g/mol. The number of cyclic esters (lactones) is 1. The highest BCUT2D eigenvalue weighted by molar-refractivity contribution is 5.79. The molecular weight excluding hydrogens is 528 g/mol. The fraction of sp³-hybridized carbons (Fsp3) is 0.387. The summed E-state index contributed by atoms with van der Waals surface area (Å²) in [5.74, 6) is 0.589. The summed E-state index contributed by atoms with van der Waals surface area (Å²) in [5.41, 5.74) is 5.02. The molecule has 6 rings (SSSR count). The summed E-state index contributed by atoms with van der Waals surface area (Å²) in [5, 5.41) is 21.3. The molecule has 0 bridgehead atoms. The molecule has 10 nitrogen and oxygen atoms in total. The van der Waals surface area contributed by atoms with E-state index in [1.54, 1.807) is 12.1 Å². The molecule has 4 atom stereocenters. The number of carbonyl (C=O) groups excluding carboxylic acids is 1. The number of carbonyl (C=O) groups is 1. The Kier molecular flexibility index (Phi) is 8.14. The number of anilines is 1. The first-order valence-electron chi connectivity index (χ1n) is 13.4. The number of ether oxygens (including phenoxy) is 5. The van der Waals surface area contributed by atoms with E-state index in [4.69, 9.17) is 28.8 Å². The summed E-state index contributed by atoms with van der Waals surface area (Å²) < 4.78 is 28.1. The highest BCUT2D eigenvalue weighted by Crippen LogP contribution is 2.55. The first-order chi connectivity index (χ1) is 19.9. The molecule has 3 aliphatic rings. The van der Waals surface area contributed by atoms with E-state index >= 15 is 0 Å². The maximum Gasteiger partial charge on any atom is 0.310 e. The smallest absolute Gasteiger partial charge is 0.310 e. The molecule has 0 amide bonds. The van der Waals surface area contributed by atoms with Crippen molar-refractivity contribution in [3.05, 3.63) is 70.8 Å². The van der Waals surface area contributed by atoms with Crippen LogP contribution in [0.2, 0.25) is 0 Å². The lowest BCUT2D eigenvalue weighted by Crippen LogP contribution is -2.40. The molecule has 2 heterocycles. The monoisotopic (exact) mass is 564 g/mol. The minimum Gasteiger partial charge on any atom is -0.502 e. The van der Waals surface area contributed by atoms with Crippen molar-refractivity contribution in [1.82, 2.24) is 5.32 Å². The summed E-state index contributed by atoms with van der Waals surface area (Å²) in [6.45, 7) is 1.07. The minimum absolute atomic E-state index is 0.0872. The van der Waals surface area contributed by atoms with Gasteiger partial charge in [-0.15, -0.1) is 0 Å². The van der Waals surface area contributed by atoms with Gasteiger partial charge in [0.05, 0.1) is 26.7 Å². The number of aromatic hydroxyl groups is 1. The fourth-order valence-corrected chi connectivity index (χ4v) is 6.06. The van der Waals surface area contributed by atoms with Gasteiger partial charge in [0.15, 0.2) is 23.0 Å². The Bertz CT molecular complexity index is 1380. The zero-order chi connectivity index (χ0) is 29.3. The summed E-state index contributed by atoms with van der Waals surface area (Å²) >= 11 is 0. The number of hydrogen-bond acceptors (Lipinski definition) is 10. The SMILES string of the molecule is CO.COc1cc([C@H]2c3cc4c(cc3[C@H](NCc3ccc(N(C)C)cc3)[C@@H]3COC(=O)[C@@H]23)OCO4)cc(OC)c1O. The van der Waals surface area contributed by atoms with Crippen molar-refractivity contribution in [2.75, 3.05) is 53.7 Å². The molecule has 3 aromatic rings. The molecule has 0 saturated carbocycles. The predicted molar refractivity (Wildman–Crippen MR) is 152 cm³/mol. The van der Waals surface area contributed by atoms with E-state index in [1.807, 2.05) is 26.2 Å². The Hall–Kier alpha value is -4.15. The lowest BCUT2D eigenvalue weighted by atomic mass is 9.65. The van der Waals surface area contributed by atoms with Crippen molar-refractivity contribution >= 4 is 11.7 Å². The molecule has 0 aromatic heterocycles. The third-order valence-electron chi connectivity index (χ3n) is 8.03. The van der Waals surface area contributed by atoms with Crippen molar-refractivity contribution in [2.45, 2.75) is 18.5 Å². The molecular formula is C31H36N2O8. The number of phenolic OH excluding ortho intramolecular Hbond substituents is 1. The van der Waals surface area contributed by atoms with E-state index in [9.17, 15) is 9.90 Å². The molecule has 41 heavy (non-hydrogen) atoms. The number of nitrogens with zero attached hydrogens (tertiary/aromatic N) is 1. The van der Waals surface area contributed by atoms with Crippen molar-refractivity contribution in [3.63, 3.8) is 0 Å². The van der Waals surface area contributed by atoms with Gasteiger partial charge in [-0.05, 0) is 58.7 Å². The lowest BCUT2D eigenvalue weighted by molar-refractivity contribution is -0.141. The number of hydrogen-bond donors (Lipinski definition) is 3. The molecule has 1 aliphatic carbocycles. The number of methoxy groups -OCH3 is 2. The third-order valence-corrected chi connectivity index (χ3v) is 8.03. The number of benzene rings is 3. The van der Waals surface area contributed by atoms with Gasteiger partial charge in [0.25, 0.3) is 0 Å². The van der Waals surface area contributed by atoms with Crippen LogP contribution in [0, 0.1) is 11.8 Å². The Labute approximate surface area is 239 Å². The van der Waals surface area contributed by atoms with E-state index in [0.717, 1.165) is 35.1 Å². The van der Waals surface area contributed by atoms with Gasteiger partial charge in [-0.25, -0.2) is 0 Å². The first kappa shape index (κ1) is 28.4. The topological polar surface area (TPSA) is 119 Å². The van der Waals surface area contributed by atoms with Crippen LogP contribution in [0.25, 0.3) is 0 Å². The fourth-order valence-electron chi connectivity index (χ4n) is 6.06. The predicted octanol–water partition coefficient (Wildman–Crippen LogP) is 3.58. The van der Waals surface area contributed by atoms with Crippen LogP contribution in [0.5, 0.6) is 28.7 Å². The van der Waals surface area contributed by atoms with Crippen molar-refractivity contribution in [2.24, 2.45) is 11.8 Å². The van der Waals surface area contributed by atoms with Crippen molar-refractivity contribution in [1.29, 1.82) is 0 Å². The van der Waals surface area contributed by atoms with E-state index in [-0.39, 0.29) is 47.9 Å². The quantitative estimate of drug-likeness (QED) is 0.368. The minimum atomic E-state index is -0.453. The molecule has 0 radical (unpaired) electrons. The molecule has 10 heteroatoms. The first-order valence-corrected chi connectivity index (χ1v) is 13.4. The molecule has 3 N–H and O–H groups in total. The maximum absolute atomic E-state index is 13.3. The molecule has 1 fully saturated rings. The standard InChI is InChI=1S/C30H32N2O7.CH4O/c1-32(2)18-7-5-16(6-8-18)13-31-28-20-12-23-22(38-15-39-23)11-19(20)26(27-21(28)14-37-30(27)34)17-9-24(35-3)29(33)25(10-17)36-4;1-2/h5-12,21,26-28,31,33H,13-15H2,1-4H3;2H,1H3/t21-,26+,27-,28+;/m1./s1. The van der Waals surface area contributed by atoms with Crippen LogP contribution in [0.3, 0.4) is 0 Å². The van der Waals surface area contributed by atoms with Gasteiger partial charge in [0, 0.05) is 51.3 Å². The lowest BCUT2D eigenvalue weighted by Gasteiger charge is -2.39. The van der Waals surface area contributed by atoms with Crippen LogP contribution < -0.4 is 29.2 Å². The van der Waals surface area contributed by atoms with Crippen molar-refractivity contribution in [3.8, 4) is 28.7 Å². The summed E-state index contributed by atoms with van der Waals surface area (Å²) in [7, 11) is 8.01. The molecule has 3 aromatic carbocycles. The number of nitrogens with one attached hydrogen (secondary N) is 1. The maximum atomic E-state index is 13.3. The van der Waals surface area contributed by atoms with E-state index in [2.05, 4.69) is 34.5 Å². The second-order valence-corrected chi connectivity index (χ2v) is 10.3. The van der Waals surface area contributed by atoms with Crippen LogP contribution in [0.15, 0.2) is 48.5 Å². The van der Waals surface area contributed by atoms with Crippen molar-refractivity contribution < 1.29 is 38.7 Å². The van der Waals surface area contributed by atoms with Gasteiger partial charge in [0.1, 0.15) is 0 Å². The highest BCUT2D eigenvalue weighted by atomic mass is 16.7. The van der Waals surface area contributed by atoms with Gasteiger partial charge in [-0.1, -0.05) is 12.1 Å². The van der Waals surface area contributed by atoms with E-state index < -0.39 is 5.92 Å². The molecule has 2 aliphatic heterocycles. The Morgan fingerprint density at radius 1 is 0.927 bits per heavy atom. The summed E-state index contributed by atoms with van der Waals surface area (Å²) in [6, 6.07) is 15.8. The normalized spacial score (nSPS) is 21.7. The van der Waals surface area contributed by atoms with Gasteiger partial charge < -0.3 is 44.1 Å². The van der Waals surface area contributed by atoms with Gasteiger partial charge in [0.2, 0.25) is 12.5 Å².